The van der Waals surface area contributed by atoms with Crippen LogP contribution in [0.25, 0.3) is 21.8 Å². The molecule has 3 rings (SSSR count). The monoisotopic (exact) mass is 369 g/mol. The second-order valence-electron chi connectivity index (χ2n) is 6.65. The Balaban J connectivity index is 1.65. The number of fused-ring (bicyclic) bond motifs is 3. The summed E-state index contributed by atoms with van der Waals surface area (Å²) in [5.74, 6) is 1.83. The SMILES string of the molecule is CCNCCCOc1ccc2c(c1)[nH]c1ccc(OCCCNCC)cc12. The van der Waals surface area contributed by atoms with Crippen LogP contribution < -0.4 is 20.1 Å². The van der Waals surface area contributed by atoms with Gasteiger partial charge in [0, 0.05) is 22.4 Å². The lowest BCUT2D eigenvalue weighted by molar-refractivity contribution is 0.309. The number of nitrogens with one attached hydrogen (secondary N) is 3. The van der Waals surface area contributed by atoms with Crippen molar-refractivity contribution in [3.05, 3.63) is 36.4 Å². The molecule has 0 amide bonds. The Morgan fingerprint density at radius 2 is 1.37 bits per heavy atom. The van der Waals surface area contributed by atoms with Gasteiger partial charge in [-0.1, -0.05) is 13.8 Å². The molecule has 0 saturated carbocycles. The van der Waals surface area contributed by atoms with Crippen LogP contribution in [0.4, 0.5) is 0 Å². The summed E-state index contributed by atoms with van der Waals surface area (Å²) in [6.07, 6.45) is 2.02. The third-order valence-corrected chi connectivity index (χ3v) is 4.57. The molecule has 1 heterocycles. The summed E-state index contributed by atoms with van der Waals surface area (Å²) in [7, 11) is 0. The van der Waals surface area contributed by atoms with Crippen molar-refractivity contribution in [1.29, 1.82) is 0 Å². The Bertz CT molecular complexity index is 844. The summed E-state index contributed by atoms with van der Waals surface area (Å²) >= 11 is 0. The molecule has 1 aromatic heterocycles. The Kier molecular flexibility index (Phi) is 7.36. The Morgan fingerprint density at radius 3 is 2.04 bits per heavy atom. The molecule has 0 saturated heterocycles. The first-order chi connectivity index (χ1) is 13.3. The van der Waals surface area contributed by atoms with Gasteiger partial charge in [0.25, 0.3) is 0 Å². The van der Waals surface area contributed by atoms with E-state index in [1.54, 1.807) is 0 Å². The van der Waals surface area contributed by atoms with E-state index >= 15 is 0 Å². The highest BCUT2D eigenvalue weighted by Gasteiger charge is 2.07. The van der Waals surface area contributed by atoms with Crippen molar-refractivity contribution in [3.63, 3.8) is 0 Å². The van der Waals surface area contributed by atoms with E-state index in [-0.39, 0.29) is 0 Å². The number of H-pyrrole nitrogens is 1. The highest BCUT2D eigenvalue weighted by Crippen LogP contribution is 2.31. The van der Waals surface area contributed by atoms with Crippen LogP contribution in [0.5, 0.6) is 11.5 Å². The second-order valence-corrected chi connectivity index (χ2v) is 6.65. The van der Waals surface area contributed by atoms with Crippen LogP contribution in [0.1, 0.15) is 26.7 Å². The van der Waals surface area contributed by atoms with Crippen LogP contribution in [0.2, 0.25) is 0 Å². The molecule has 0 atom stereocenters. The summed E-state index contributed by atoms with van der Waals surface area (Å²) in [6, 6.07) is 12.5. The maximum atomic E-state index is 5.90. The molecule has 3 aromatic rings. The topological polar surface area (TPSA) is 58.3 Å². The van der Waals surface area contributed by atoms with E-state index < -0.39 is 0 Å². The molecule has 0 bridgehead atoms. The molecule has 27 heavy (non-hydrogen) atoms. The van der Waals surface area contributed by atoms with Crippen molar-refractivity contribution >= 4 is 21.8 Å². The molecule has 2 aromatic carbocycles. The van der Waals surface area contributed by atoms with Crippen LogP contribution in [0, 0.1) is 0 Å². The highest BCUT2D eigenvalue weighted by molar-refractivity contribution is 6.08. The summed E-state index contributed by atoms with van der Waals surface area (Å²) in [5.41, 5.74) is 2.22. The normalized spacial score (nSPS) is 11.3. The standard InChI is InChI=1S/C22H31N3O2/c1-3-23-11-5-13-26-17-8-10-21-20(15-17)19-9-7-18(16-22(19)25-21)27-14-6-12-24-4-2/h7-10,15-16,23-25H,3-6,11-14H2,1-2H3. The Labute approximate surface area is 161 Å². The second kappa shape index (κ2) is 10.2. The molecular formula is C22H31N3O2. The molecule has 0 aliphatic carbocycles. The fourth-order valence-electron chi connectivity index (χ4n) is 3.17. The minimum atomic E-state index is 0.726. The van der Waals surface area contributed by atoms with Gasteiger partial charge in [-0.2, -0.15) is 0 Å². The quantitative estimate of drug-likeness (QED) is 0.421. The van der Waals surface area contributed by atoms with Gasteiger partial charge in [0.05, 0.1) is 18.7 Å². The van der Waals surface area contributed by atoms with Gasteiger partial charge in [-0.05, 0) is 69.4 Å². The average molecular weight is 370 g/mol. The maximum absolute atomic E-state index is 5.90. The van der Waals surface area contributed by atoms with E-state index in [0.717, 1.165) is 74.8 Å². The van der Waals surface area contributed by atoms with E-state index in [1.165, 1.54) is 10.8 Å². The van der Waals surface area contributed by atoms with E-state index in [4.69, 9.17) is 9.47 Å². The first-order valence-corrected chi connectivity index (χ1v) is 10.0. The summed E-state index contributed by atoms with van der Waals surface area (Å²) in [4.78, 5) is 3.48. The lowest BCUT2D eigenvalue weighted by Crippen LogP contribution is -2.16. The third kappa shape index (κ3) is 5.37. The van der Waals surface area contributed by atoms with E-state index in [9.17, 15) is 0 Å². The number of hydrogen-bond donors (Lipinski definition) is 3. The molecule has 0 unspecified atom stereocenters. The van der Waals surface area contributed by atoms with Crippen molar-refractivity contribution in [2.75, 3.05) is 39.4 Å². The van der Waals surface area contributed by atoms with Gasteiger partial charge in [0.15, 0.2) is 0 Å². The van der Waals surface area contributed by atoms with Crippen LogP contribution in [-0.4, -0.2) is 44.4 Å². The van der Waals surface area contributed by atoms with Gasteiger partial charge in [-0.25, -0.2) is 0 Å². The van der Waals surface area contributed by atoms with Gasteiger partial charge in [-0.3, -0.25) is 0 Å². The largest absolute Gasteiger partial charge is 0.494 e. The van der Waals surface area contributed by atoms with E-state index in [2.05, 4.69) is 53.7 Å². The molecule has 0 aliphatic rings. The van der Waals surface area contributed by atoms with Gasteiger partial charge >= 0.3 is 0 Å². The number of aromatic nitrogens is 1. The predicted molar refractivity (Wildman–Crippen MR) is 113 cm³/mol. The zero-order chi connectivity index (χ0) is 18.9. The van der Waals surface area contributed by atoms with Crippen molar-refractivity contribution in [3.8, 4) is 11.5 Å². The molecule has 0 spiro atoms. The summed E-state index contributed by atoms with van der Waals surface area (Å²) in [5, 5.41) is 9.01. The number of hydrogen-bond acceptors (Lipinski definition) is 4. The Hall–Kier alpha value is -2.24. The van der Waals surface area contributed by atoms with Gasteiger partial charge in [0.2, 0.25) is 0 Å². The third-order valence-electron chi connectivity index (χ3n) is 4.57. The molecule has 5 nitrogen and oxygen atoms in total. The summed E-state index contributed by atoms with van der Waals surface area (Å²) < 4.78 is 11.8. The van der Waals surface area contributed by atoms with Crippen molar-refractivity contribution in [2.45, 2.75) is 26.7 Å². The Morgan fingerprint density at radius 1 is 0.741 bits per heavy atom. The fraction of sp³-hybridized carbons (Fsp3) is 0.455. The van der Waals surface area contributed by atoms with Gasteiger partial charge < -0.3 is 25.1 Å². The average Bonchev–Trinajstić information content (AvgIpc) is 3.05. The maximum Gasteiger partial charge on any atom is 0.121 e. The highest BCUT2D eigenvalue weighted by atomic mass is 16.5. The van der Waals surface area contributed by atoms with Crippen LogP contribution in [-0.2, 0) is 0 Å². The minimum absolute atomic E-state index is 0.726. The number of aromatic amines is 1. The molecule has 3 N–H and O–H groups in total. The number of ether oxygens (including phenoxy) is 2. The molecule has 146 valence electrons. The molecule has 0 fully saturated rings. The van der Waals surface area contributed by atoms with Gasteiger partial charge in [-0.15, -0.1) is 0 Å². The van der Waals surface area contributed by atoms with Crippen molar-refractivity contribution in [2.24, 2.45) is 0 Å². The smallest absolute Gasteiger partial charge is 0.121 e. The van der Waals surface area contributed by atoms with Crippen LogP contribution in [0.15, 0.2) is 36.4 Å². The lowest BCUT2D eigenvalue weighted by Gasteiger charge is -2.07. The van der Waals surface area contributed by atoms with E-state index in [1.807, 2.05) is 12.1 Å². The molecular weight excluding hydrogens is 338 g/mol. The molecule has 0 aliphatic heterocycles. The first-order valence-electron chi connectivity index (χ1n) is 10.0. The molecule has 5 heteroatoms. The summed E-state index contributed by atoms with van der Waals surface area (Å²) in [6.45, 7) is 9.67. The van der Waals surface area contributed by atoms with Crippen molar-refractivity contribution < 1.29 is 9.47 Å². The number of rotatable bonds is 12. The predicted octanol–water partition coefficient (Wildman–Crippen LogP) is 4.08. The lowest BCUT2D eigenvalue weighted by atomic mass is 10.1. The van der Waals surface area contributed by atoms with Crippen LogP contribution in [0.3, 0.4) is 0 Å². The zero-order valence-corrected chi connectivity index (χ0v) is 16.4. The fourth-order valence-corrected chi connectivity index (χ4v) is 3.17. The number of benzene rings is 2. The van der Waals surface area contributed by atoms with Crippen molar-refractivity contribution in [1.82, 2.24) is 15.6 Å². The zero-order valence-electron chi connectivity index (χ0n) is 16.4. The van der Waals surface area contributed by atoms with Gasteiger partial charge in [0.1, 0.15) is 11.5 Å². The first kappa shape index (κ1) is 19.5. The minimum Gasteiger partial charge on any atom is -0.494 e. The van der Waals surface area contributed by atoms with Crippen LogP contribution >= 0.6 is 0 Å². The molecule has 0 radical (unpaired) electrons. The van der Waals surface area contributed by atoms with E-state index in [0.29, 0.717) is 0 Å².